The van der Waals surface area contributed by atoms with Crippen LogP contribution in [0.15, 0.2) is 54.7 Å². The fraction of sp³-hybridized carbons (Fsp3) is 0.394. The number of sulfonamides is 1. The van der Waals surface area contributed by atoms with Crippen LogP contribution in [-0.4, -0.2) is 80.3 Å². The molecule has 1 saturated heterocycles. The number of amides is 1. The zero-order valence-corrected chi connectivity index (χ0v) is 27.8. The van der Waals surface area contributed by atoms with Crippen molar-refractivity contribution < 1.29 is 22.7 Å². The van der Waals surface area contributed by atoms with Crippen molar-refractivity contribution in [1.29, 1.82) is 0 Å². The largest absolute Gasteiger partial charge is 0.492 e. The zero-order valence-electron chi connectivity index (χ0n) is 27.0. The van der Waals surface area contributed by atoms with Crippen LogP contribution in [0.3, 0.4) is 0 Å². The van der Waals surface area contributed by atoms with E-state index in [4.69, 9.17) is 9.47 Å². The highest BCUT2D eigenvalue weighted by Crippen LogP contribution is 2.40. The molecule has 2 aromatic carbocycles. The van der Waals surface area contributed by atoms with Crippen LogP contribution in [0.2, 0.25) is 0 Å². The van der Waals surface area contributed by atoms with E-state index in [2.05, 4.69) is 31.9 Å². The lowest BCUT2D eigenvalue weighted by Crippen LogP contribution is -2.43. The minimum absolute atomic E-state index is 0.217. The van der Waals surface area contributed by atoms with Crippen molar-refractivity contribution in [2.45, 2.75) is 32.7 Å². The Hall–Kier alpha value is -4.13. The average Bonchev–Trinajstić information content (AvgIpc) is 3.30. The van der Waals surface area contributed by atoms with Gasteiger partial charge in [-0.2, -0.15) is 0 Å². The summed E-state index contributed by atoms with van der Waals surface area (Å²) in [7, 11) is 1.78. The van der Waals surface area contributed by atoms with E-state index in [0.717, 1.165) is 61.1 Å². The molecule has 0 atom stereocenters. The molecule has 2 N–H and O–H groups in total. The third kappa shape index (κ3) is 7.58. The number of carbonyl (C=O) groups excluding carboxylic acids is 1. The average molecular weight is 635 g/mol. The van der Waals surface area contributed by atoms with Crippen LogP contribution in [0.5, 0.6) is 17.2 Å². The number of hydrogen-bond acceptors (Lipinski definition) is 8. The van der Waals surface area contributed by atoms with Gasteiger partial charge in [0.25, 0.3) is 5.91 Å². The number of benzene rings is 2. The number of aryl methyl sites for hydroxylation is 1. The maximum atomic E-state index is 13.8. The Balaban J connectivity index is 1.43. The maximum Gasteiger partial charge on any atom is 0.272 e. The van der Waals surface area contributed by atoms with Crippen molar-refractivity contribution >= 4 is 38.2 Å². The predicted molar refractivity (Wildman–Crippen MR) is 178 cm³/mol. The van der Waals surface area contributed by atoms with Gasteiger partial charge in [0.05, 0.1) is 36.0 Å². The zero-order chi connectivity index (χ0) is 32.5. The van der Waals surface area contributed by atoms with Gasteiger partial charge in [-0.3, -0.25) is 19.4 Å². The predicted octanol–water partition coefficient (Wildman–Crippen LogP) is 5.04. The molecule has 1 amide bonds. The maximum absolute atomic E-state index is 13.8. The molecule has 0 radical (unpaired) electrons. The first kappa shape index (κ1) is 32.3. The van der Waals surface area contributed by atoms with Gasteiger partial charge >= 0.3 is 0 Å². The Morgan fingerprint density at radius 1 is 1.00 bits per heavy atom. The number of rotatable bonds is 9. The van der Waals surface area contributed by atoms with E-state index in [-0.39, 0.29) is 22.8 Å². The molecule has 1 aliphatic heterocycles. The quantitative estimate of drug-likeness (QED) is 0.263. The van der Waals surface area contributed by atoms with E-state index in [1.54, 1.807) is 22.9 Å². The van der Waals surface area contributed by atoms with Crippen LogP contribution in [0, 0.1) is 0 Å². The molecule has 45 heavy (non-hydrogen) atoms. The number of piperazine rings is 1. The highest BCUT2D eigenvalue weighted by atomic mass is 32.2. The number of likely N-dealkylation sites (N-methyl/N-ethyl adjacent to an activating group) is 1. The molecule has 240 valence electrons. The van der Waals surface area contributed by atoms with Crippen LogP contribution in [-0.2, 0) is 29.0 Å². The van der Waals surface area contributed by atoms with Gasteiger partial charge < -0.3 is 24.3 Å². The number of nitrogens with zero attached hydrogens (tertiary/aromatic N) is 4. The number of fused-ring (bicyclic) bond motifs is 1. The first-order valence-electron chi connectivity index (χ1n) is 14.9. The Labute approximate surface area is 265 Å². The Kier molecular flexibility index (Phi) is 9.11. The molecule has 4 aromatic rings. The molecule has 2 aromatic heterocycles. The minimum Gasteiger partial charge on any atom is -0.492 e. The standard InChI is InChI=1S/C33H42N6O5S/c1-33(2,3)23-18-26(31(43-6)27(19-23)36-45(7,41)42)35-32(40)28-17-22-9-8-10-29(30(22)38(28)5)44-25-11-12-34-24(20-25)21-39-15-13-37(4)14-16-39/h8-12,17-20,36H,13-16,21H2,1-7H3,(H,35,40). The van der Waals surface area contributed by atoms with E-state index in [1.165, 1.54) is 7.11 Å². The summed E-state index contributed by atoms with van der Waals surface area (Å²) in [5.41, 5.74) is 3.19. The van der Waals surface area contributed by atoms with Crippen molar-refractivity contribution in [1.82, 2.24) is 19.4 Å². The van der Waals surface area contributed by atoms with Gasteiger partial charge in [0.1, 0.15) is 11.4 Å². The fourth-order valence-corrected chi connectivity index (χ4v) is 6.04. The third-order valence-corrected chi connectivity index (χ3v) is 8.54. The fourth-order valence-electron chi connectivity index (χ4n) is 5.48. The molecule has 0 bridgehead atoms. The van der Waals surface area contributed by atoms with E-state index < -0.39 is 10.0 Å². The number of para-hydroxylation sites is 1. The lowest BCUT2D eigenvalue weighted by Gasteiger charge is -2.32. The summed E-state index contributed by atoms with van der Waals surface area (Å²) in [5.74, 6) is 1.11. The molecule has 3 heterocycles. The van der Waals surface area contributed by atoms with Crippen LogP contribution < -0.4 is 19.5 Å². The van der Waals surface area contributed by atoms with Crippen LogP contribution in [0.4, 0.5) is 11.4 Å². The van der Waals surface area contributed by atoms with Crippen LogP contribution in [0.1, 0.15) is 42.5 Å². The number of hydrogen-bond donors (Lipinski definition) is 2. The molecule has 1 fully saturated rings. The molecule has 11 nitrogen and oxygen atoms in total. The molecular formula is C33H42N6O5S. The van der Waals surface area contributed by atoms with Gasteiger partial charge in [-0.1, -0.05) is 32.9 Å². The van der Waals surface area contributed by atoms with Crippen molar-refractivity contribution in [3.8, 4) is 17.2 Å². The van der Waals surface area contributed by atoms with Gasteiger partial charge in [0.15, 0.2) is 11.5 Å². The van der Waals surface area contributed by atoms with Crippen molar-refractivity contribution in [2.24, 2.45) is 7.05 Å². The number of nitrogens with one attached hydrogen (secondary N) is 2. The summed E-state index contributed by atoms with van der Waals surface area (Å²) in [4.78, 5) is 23.0. The molecule has 0 saturated carbocycles. The van der Waals surface area contributed by atoms with Crippen LogP contribution >= 0.6 is 0 Å². The number of aromatic nitrogens is 2. The Morgan fingerprint density at radius 2 is 1.71 bits per heavy atom. The van der Waals surface area contributed by atoms with Crippen molar-refractivity contribution in [3.63, 3.8) is 0 Å². The van der Waals surface area contributed by atoms with E-state index in [0.29, 0.717) is 22.9 Å². The number of carbonyl (C=O) groups is 1. The number of methoxy groups -OCH3 is 1. The molecule has 1 aliphatic rings. The van der Waals surface area contributed by atoms with Crippen molar-refractivity contribution in [2.75, 3.05) is 56.6 Å². The Morgan fingerprint density at radius 3 is 2.38 bits per heavy atom. The SMILES string of the molecule is COc1c(NC(=O)c2cc3cccc(Oc4ccnc(CN5CCN(C)CC5)c4)c3n2C)cc(C(C)(C)C)cc1NS(C)(=O)=O. The van der Waals surface area contributed by atoms with Crippen LogP contribution in [0.25, 0.3) is 10.9 Å². The first-order valence-corrected chi connectivity index (χ1v) is 16.7. The van der Waals surface area contributed by atoms with Gasteiger partial charge in [-0.25, -0.2) is 8.42 Å². The van der Waals surface area contributed by atoms with Crippen molar-refractivity contribution in [3.05, 3.63) is 71.7 Å². The molecular weight excluding hydrogens is 592 g/mol. The molecule has 0 spiro atoms. The van der Waals surface area contributed by atoms with Gasteiger partial charge in [0, 0.05) is 57.4 Å². The number of ether oxygens (including phenoxy) is 2. The molecule has 12 heteroatoms. The summed E-state index contributed by atoms with van der Waals surface area (Å²) in [6, 6.07) is 14.8. The summed E-state index contributed by atoms with van der Waals surface area (Å²) in [6.07, 6.45) is 2.83. The Bertz CT molecular complexity index is 1820. The minimum atomic E-state index is -3.61. The molecule has 0 unspecified atom stereocenters. The van der Waals surface area contributed by atoms with Gasteiger partial charge in [-0.15, -0.1) is 0 Å². The second-order valence-corrected chi connectivity index (χ2v) is 14.4. The topological polar surface area (TPSA) is 118 Å². The van der Waals surface area contributed by atoms with E-state index in [1.807, 2.05) is 64.2 Å². The lowest BCUT2D eigenvalue weighted by atomic mass is 9.86. The normalized spacial score (nSPS) is 14.8. The summed E-state index contributed by atoms with van der Waals surface area (Å²) < 4.78 is 40.5. The number of pyridine rings is 1. The lowest BCUT2D eigenvalue weighted by molar-refractivity contribution is 0.101. The molecule has 5 rings (SSSR count). The third-order valence-electron chi connectivity index (χ3n) is 7.95. The second-order valence-electron chi connectivity index (χ2n) is 12.6. The smallest absolute Gasteiger partial charge is 0.272 e. The summed E-state index contributed by atoms with van der Waals surface area (Å²) >= 11 is 0. The highest BCUT2D eigenvalue weighted by Gasteiger charge is 2.24. The summed E-state index contributed by atoms with van der Waals surface area (Å²) in [5, 5.41) is 3.79. The monoisotopic (exact) mass is 634 g/mol. The van der Waals surface area contributed by atoms with E-state index in [9.17, 15) is 13.2 Å². The van der Waals surface area contributed by atoms with Gasteiger partial charge in [0.2, 0.25) is 10.0 Å². The highest BCUT2D eigenvalue weighted by molar-refractivity contribution is 7.92. The van der Waals surface area contributed by atoms with Gasteiger partial charge in [-0.05, 0) is 48.4 Å². The van der Waals surface area contributed by atoms with E-state index >= 15 is 0 Å². The second kappa shape index (κ2) is 12.7. The first-order chi connectivity index (χ1) is 21.2. The summed E-state index contributed by atoms with van der Waals surface area (Å²) in [6.45, 7) is 10.9. The number of anilines is 2. The molecule has 0 aliphatic carbocycles.